The van der Waals surface area contributed by atoms with E-state index in [0.717, 1.165) is 6.42 Å². The Kier molecular flexibility index (Phi) is 2.16. The summed E-state index contributed by atoms with van der Waals surface area (Å²) in [6, 6.07) is 0. The van der Waals surface area contributed by atoms with Crippen molar-refractivity contribution in [2.24, 2.45) is 0 Å². The molecule has 2 heterocycles. The first-order valence-corrected chi connectivity index (χ1v) is 5.10. The SMILES string of the molecule is CC[C@H]1O[C@H]2OC(C)(C)OC2[C@]1(C)O. The van der Waals surface area contributed by atoms with Crippen molar-refractivity contribution < 1.29 is 19.3 Å². The van der Waals surface area contributed by atoms with E-state index in [4.69, 9.17) is 14.2 Å². The molecule has 0 aliphatic carbocycles. The van der Waals surface area contributed by atoms with Gasteiger partial charge in [0.1, 0.15) is 11.7 Å². The van der Waals surface area contributed by atoms with Crippen LogP contribution < -0.4 is 0 Å². The third-order valence-electron chi connectivity index (χ3n) is 2.96. The van der Waals surface area contributed by atoms with Crippen LogP contribution in [0, 0.1) is 0 Å². The van der Waals surface area contributed by atoms with Crippen LogP contribution in [0.25, 0.3) is 0 Å². The number of fused-ring (bicyclic) bond motifs is 1. The Balaban J connectivity index is 2.18. The molecule has 4 nitrogen and oxygen atoms in total. The second-order valence-corrected chi connectivity index (χ2v) is 4.68. The lowest BCUT2D eigenvalue weighted by Gasteiger charge is -2.29. The Bertz CT molecular complexity index is 236. The number of rotatable bonds is 1. The molecule has 2 rings (SSSR count). The zero-order valence-corrected chi connectivity index (χ0v) is 9.11. The lowest BCUT2D eigenvalue weighted by molar-refractivity contribution is -0.227. The highest BCUT2D eigenvalue weighted by molar-refractivity contribution is 5.01. The van der Waals surface area contributed by atoms with Gasteiger partial charge in [-0.2, -0.15) is 0 Å². The van der Waals surface area contributed by atoms with E-state index in [1.807, 2.05) is 20.8 Å². The van der Waals surface area contributed by atoms with E-state index in [9.17, 15) is 5.11 Å². The van der Waals surface area contributed by atoms with Gasteiger partial charge in [0.05, 0.1) is 6.10 Å². The third-order valence-corrected chi connectivity index (χ3v) is 2.96. The number of ether oxygens (including phenoxy) is 3. The second kappa shape index (κ2) is 2.92. The first-order chi connectivity index (χ1) is 6.37. The molecule has 1 unspecified atom stereocenters. The molecule has 0 amide bonds. The van der Waals surface area contributed by atoms with E-state index in [1.54, 1.807) is 6.92 Å². The van der Waals surface area contributed by atoms with E-state index in [0.29, 0.717) is 0 Å². The number of hydrogen-bond acceptors (Lipinski definition) is 4. The van der Waals surface area contributed by atoms with Crippen LogP contribution in [0.5, 0.6) is 0 Å². The molecule has 2 aliphatic heterocycles. The maximum absolute atomic E-state index is 10.2. The van der Waals surface area contributed by atoms with Gasteiger partial charge in [-0.05, 0) is 27.2 Å². The molecule has 0 aromatic rings. The van der Waals surface area contributed by atoms with Crippen LogP contribution >= 0.6 is 0 Å². The van der Waals surface area contributed by atoms with Crippen molar-refractivity contribution in [2.75, 3.05) is 0 Å². The molecule has 2 aliphatic rings. The fraction of sp³-hybridized carbons (Fsp3) is 1.00. The first kappa shape index (κ1) is 10.4. The Labute approximate surface area is 84.1 Å². The van der Waals surface area contributed by atoms with Gasteiger partial charge in [-0.3, -0.25) is 0 Å². The summed E-state index contributed by atoms with van der Waals surface area (Å²) in [6.45, 7) is 7.37. The fourth-order valence-electron chi connectivity index (χ4n) is 2.22. The van der Waals surface area contributed by atoms with Crippen LogP contribution in [0.1, 0.15) is 34.1 Å². The van der Waals surface area contributed by atoms with Crippen molar-refractivity contribution in [2.45, 2.75) is 64.0 Å². The highest BCUT2D eigenvalue weighted by Crippen LogP contribution is 2.43. The van der Waals surface area contributed by atoms with Crippen LogP contribution in [-0.2, 0) is 14.2 Å². The highest BCUT2D eigenvalue weighted by Gasteiger charge is 2.60. The summed E-state index contributed by atoms with van der Waals surface area (Å²) in [6.07, 6.45) is -0.242. The predicted molar refractivity (Wildman–Crippen MR) is 49.6 cm³/mol. The molecule has 0 spiro atoms. The molecule has 4 heteroatoms. The summed E-state index contributed by atoms with van der Waals surface area (Å²) < 4.78 is 16.7. The molecule has 2 saturated heterocycles. The molecule has 1 N–H and O–H groups in total. The van der Waals surface area contributed by atoms with Crippen LogP contribution in [-0.4, -0.2) is 35.0 Å². The first-order valence-electron chi connectivity index (χ1n) is 5.10. The maximum atomic E-state index is 10.2. The number of aliphatic hydroxyl groups is 1. The maximum Gasteiger partial charge on any atom is 0.190 e. The average Bonchev–Trinajstić information content (AvgIpc) is 2.45. The molecule has 0 aromatic heterocycles. The normalized spacial score (nSPS) is 50.8. The van der Waals surface area contributed by atoms with E-state index < -0.39 is 17.7 Å². The van der Waals surface area contributed by atoms with Gasteiger partial charge in [0.15, 0.2) is 12.1 Å². The van der Waals surface area contributed by atoms with E-state index in [-0.39, 0.29) is 12.2 Å². The highest BCUT2D eigenvalue weighted by atomic mass is 16.8. The van der Waals surface area contributed by atoms with Gasteiger partial charge < -0.3 is 19.3 Å². The molecule has 82 valence electrons. The fourth-order valence-corrected chi connectivity index (χ4v) is 2.22. The van der Waals surface area contributed by atoms with Crippen molar-refractivity contribution >= 4 is 0 Å². The van der Waals surface area contributed by atoms with Crippen molar-refractivity contribution in [3.63, 3.8) is 0 Å². The Morgan fingerprint density at radius 1 is 1.21 bits per heavy atom. The number of hydrogen-bond donors (Lipinski definition) is 1. The van der Waals surface area contributed by atoms with Crippen LogP contribution in [0.4, 0.5) is 0 Å². The summed E-state index contributed by atoms with van der Waals surface area (Å²) in [4.78, 5) is 0. The Hall–Kier alpha value is -0.160. The summed E-state index contributed by atoms with van der Waals surface area (Å²) in [7, 11) is 0. The van der Waals surface area contributed by atoms with Crippen molar-refractivity contribution in [3.05, 3.63) is 0 Å². The average molecular weight is 202 g/mol. The topological polar surface area (TPSA) is 47.9 Å². The van der Waals surface area contributed by atoms with Crippen LogP contribution in [0.3, 0.4) is 0 Å². The summed E-state index contributed by atoms with van der Waals surface area (Å²) >= 11 is 0. The van der Waals surface area contributed by atoms with Gasteiger partial charge in [-0.1, -0.05) is 6.92 Å². The van der Waals surface area contributed by atoms with Crippen molar-refractivity contribution in [1.82, 2.24) is 0 Å². The monoisotopic (exact) mass is 202 g/mol. The van der Waals surface area contributed by atoms with Gasteiger partial charge in [0.2, 0.25) is 0 Å². The van der Waals surface area contributed by atoms with Crippen molar-refractivity contribution in [3.8, 4) is 0 Å². The minimum atomic E-state index is -0.951. The smallest absolute Gasteiger partial charge is 0.190 e. The largest absolute Gasteiger partial charge is 0.385 e. The van der Waals surface area contributed by atoms with Crippen LogP contribution in [0.15, 0.2) is 0 Å². The molecular formula is C10H18O4. The van der Waals surface area contributed by atoms with E-state index in [1.165, 1.54) is 0 Å². The molecule has 0 aromatic carbocycles. The quantitative estimate of drug-likeness (QED) is 0.689. The lowest BCUT2D eigenvalue weighted by atomic mass is 9.93. The Morgan fingerprint density at radius 3 is 2.36 bits per heavy atom. The minimum Gasteiger partial charge on any atom is -0.385 e. The molecule has 14 heavy (non-hydrogen) atoms. The Morgan fingerprint density at radius 2 is 1.86 bits per heavy atom. The van der Waals surface area contributed by atoms with Gasteiger partial charge in [0.25, 0.3) is 0 Å². The zero-order chi connectivity index (χ0) is 10.6. The van der Waals surface area contributed by atoms with Gasteiger partial charge in [-0.25, -0.2) is 0 Å². The molecule has 0 radical (unpaired) electrons. The summed E-state index contributed by atoms with van der Waals surface area (Å²) in [5.74, 6) is -0.655. The summed E-state index contributed by atoms with van der Waals surface area (Å²) in [5.41, 5.74) is -0.951. The van der Waals surface area contributed by atoms with Crippen molar-refractivity contribution in [1.29, 1.82) is 0 Å². The van der Waals surface area contributed by atoms with E-state index in [2.05, 4.69) is 0 Å². The molecule has 0 bridgehead atoms. The van der Waals surface area contributed by atoms with E-state index >= 15 is 0 Å². The zero-order valence-electron chi connectivity index (χ0n) is 9.11. The van der Waals surface area contributed by atoms with Crippen LogP contribution in [0.2, 0.25) is 0 Å². The molecule has 0 saturated carbocycles. The molecule has 2 fully saturated rings. The molecular weight excluding hydrogens is 184 g/mol. The standard InChI is InChI=1S/C10H18O4/c1-5-6-10(4,11)7-8(12-6)14-9(2,3)13-7/h6-8,11H,5H2,1-4H3/t6-,7?,8+,10-/m1/s1. The lowest BCUT2D eigenvalue weighted by Crippen LogP contribution is -2.45. The van der Waals surface area contributed by atoms with Gasteiger partial charge in [-0.15, -0.1) is 0 Å². The third kappa shape index (κ3) is 1.37. The van der Waals surface area contributed by atoms with Gasteiger partial charge >= 0.3 is 0 Å². The minimum absolute atomic E-state index is 0.200. The molecule has 4 atom stereocenters. The second-order valence-electron chi connectivity index (χ2n) is 4.68. The summed E-state index contributed by atoms with van der Waals surface area (Å²) in [5, 5.41) is 10.2. The predicted octanol–water partition coefficient (Wildman–Crippen LogP) is 1.02. The van der Waals surface area contributed by atoms with Gasteiger partial charge in [0, 0.05) is 0 Å².